The van der Waals surface area contributed by atoms with Crippen LogP contribution in [0.5, 0.6) is 0 Å². The van der Waals surface area contributed by atoms with Gasteiger partial charge in [0.1, 0.15) is 5.82 Å². The van der Waals surface area contributed by atoms with E-state index >= 15 is 0 Å². The average molecular weight is 182 g/mol. The SMILES string of the molecule is OCC1CC(O)c2cc(F)ccc21. The summed E-state index contributed by atoms with van der Waals surface area (Å²) in [6, 6.07) is 4.34. The molecule has 0 radical (unpaired) electrons. The van der Waals surface area contributed by atoms with Gasteiger partial charge < -0.3 is 10.2 Å². The highest BCUT2D eigenvalue weighted by atomic mass is 19.1. The zero-order valence-electron chi connectivity index (χ0n) is 7.07. The molecule has 2 nitrogen and oxygen atoms in total. The van der Waals surface area contributed by atoms with E-state index in [2.05, 4.69) is 0 Å². The van der Waals surface area contributed by atoms with Gasteiger partial charge in [-0.2, -0.15) is 0 Å². The van der Waals surface area contributed by atoms with Crippen molar-refractivity contribution in [3.8, 4) is 0 Å². The quantitative estimate of drug-likeness (QED) is 0.688. The van der Waals surface area contributed by atoms with Gasteiger partial charge in [0.15, 0.2) is 0 Å². The van der Waals surface area contributed by atoms with Crippen LogP contribution in [-0.4, -0.2) is 16.8 Å². The molecule has 0 heterocycles. The fourth-order valence-corrected chi connectivity index (χ4v) is 1.90. The summed E-state index contributed by atoms with van der Waals surface area (Å²) < 4.78 is 12.8. The van der Waals surface area contributed by atoms with Crippen molar-refractivity contribution in [3.05, 3.63) is 35.1 Å². The molecule has 0 aliphatic heterocycles. The molecule has 0 bridgehead atoms. The maximum atomic E-state index is 12.8. The van der Waals surface area contributed by atoms with Gasteiger partial charge in [0, 0.05) is 5.92 Å². The van der Waals surface area contributed by atoms with Crippen molar-refractivity contribution in [2.75, 3.05) is 6.61 Å². The molecule has 0 fully saturated rings. The van der Waals surface area contributed by atoms with Crippen LogP contribution in [0.15, 0.2) is 18.2 Å². The van der Waals surface area contributed by atoms with E-state index in [1.54, 1.807) is 6.07 Å². The zero-order valence-corrected chi connectivity index (χ0v) is 7.07. The Labute approximate surface area is 75.6 Å². The van der Waals surface area contributed by atoms with Gasteiger partial charge in [-0.1, -0.05) is 6.07 Å². The van der Waals surface area contributed by atoms with Gasteiger partial charge in [-0.15, -0.1) is 0 Å². The second kappa shape index (κ2) is 3.09. The Hall–Kier alpha value is -0.930. The lowest BCUT2D eigenvalue weighted by Gasteiger charge is -2.05. The molecule has 0 spiro atoms. The Bertz CT molecular complexity index is 325. The molecule has 2 N–H and O–H groups in total. The van der Waals surface area contributed by atoms with Gasteiger partial charge >= 0.3 is 0 Å². The van der Waals surface area contributed by atoms with Crippen molar-refractivity contribution >= 4 is 0 Å². The topological polar surface area (TPSA) is 40.5 Å². The van der Waals surface area contributed by atoms with Gasteiger partial charge in [-0.3, -0.25) is 0 Å². The van der Waals surface area contributed by atoms with Gasteiger partial charge in [-0.05, 0) is 29.7 Å². The van der Waals surface area contributed by atoms with Crippen LogP contribution in [0.2, 0.25) is 0 Å². The first-order valence-corrected chi connectivity index (χ1v) is 4.30. The molecule has 1 aromatic carbocycles. The van der Waals surface area contributed by atoms with Crippen molar-refractivity contribution < 1.29 is 14.6 Å². The molecule has 0 saturated carbocycles. The van der Waals surface area contributed by atoms with E-state index in [0.717, 1.165) is 5.56 Å². The number of benzene rings is 1. The monoisotopic (exact) mass is 182 g/mol. The smallest absolute Gasteiger partial charge is 0.123 e. The highest BCUT2D eigenvalue weighted by Crippen LogP contribution is 2.39. The van der Waals surface area contributed by atoms with E-state index in [1.165, 1.54) is 12.1 Å². The third-order valence-corrected chi connectivity index (χ3v) is 2.58. The van der Waals surface area contributed by atoms with E-state index in [4.69, 9.17) is 5.11 Å². The standard InChI is InChI=1S/C10H11FO2/c11-7-1-2-8-6(5-12)3-10(13)9(8)4-7/h1-2,4,6,10,12-13H,3,5H2. The number of halogens is 1. The van der Waals surface area contributed by atoms with Gasteiger partial charge in [0.2, 0.25) is 0 Å². The largest absolute Gasteiger partial charge is 0.396 e. The van der Waals surface area contributed by atoms with Crippen LogP contribution < -0.4 is 0 Å². The van der Waals surface area contributed by atoms with E-state index in [9.17, 15) is 9.50 Å². The third-order valence-electron chi connectivity index (χ3n) is 2.58. The minimum atomic E-state index is -0.622. The molecule has 1 aliphatic rings. The third kappa shape index (κ3) is 1.34. The summed E-state index contributed by atoms with van der Waals surface area (Å²) in [6.45, 7) is 0.00962. The van der Waals surface area contributed by atoms with Gasteiger partial charge in [-0.25, -0.2) is 4.39 Å². The Morgan fingerprint density at radius 1 is 1.38 bits per heavy atom. The molecule has 0 saturated heterocycles. The van der Waals surface area contributed by atoms with Crippen LogP contribution in [0.3, 0.4) is 0 Å². The number of hydrogen-bond donors (Lipinski definition) is 2. The second-order valence-electron chi connectivity index (χ2n) is 3.40. The lowest BCUT2D eigenvalue weighted by molar-refractivity contribution is 0.158. The Morgan fingerprint density at radius 3 is 2.85 bits per heavy atom. The zero-order chi connectivity index (χ0) is 9.42. The summed E-state index contributed by atoms with van der Waals surface area (Å²) in [5.41, 5.74) is 1.50. The van der Waals surface area contributed by atoms with E-state index < -0.39 is 6.10 Å². The molecule has 70 valence electrons. The van der Waals surface area contributed by atoms with Crippen molar-refractivity contribution in [1.29, 1.82) is 0 Å². The highest BCUT2D eigenvalue weighted by Gasteiger charge is 2.29. The molecule has 2 rings (SSSR count). The summed E-state index contributed by atoms with van der Waals surface area (Å²) in [4.78, 5) is 0. The fraction of sp³-hybridized carbons (Fsp3) is 0.400. The summed E-state index contributed by atoms with van der Waals surface area (Å²) in [7, 11) is 0. The van der Waals surface area contributed by atoms with Crippen LogP contribution in [0.25, 0.3) is 0 Å². The van der Waals surface area contributed by atoms with Crippen LogP contribution in [0.1, 0.15) is 29.6 Å². The van der Waals surface area contributed by atoms with Crippen LogP contribution >= 0.6 is 0 Å². The minimum Gasteiger partial charge on any atom is -0.396 e. The summed E-state index contributed by atoms with van der Waals surface area (Å²) >= 11 is 0. The number of fused-ring (bicyclic) bond motifs is 1. The van der Waals surface area contributed by atoms with Gasteiger partial charge in [0.25, 0.3) is 0 Å². The van der Waals surface area contributed by atoms with E-state index in [-0.39, 0.29) is 18.3 Å². The molecule has 3 heteroatoms. The molecule has 0 aromatic heterocycles. The van der Waals surface area contributed by atoms with Crippen molar-refractivity contribution in [2.45, 2.75) is 18.4 Å². The van der Waals surface area contributed by atoms with Crippen molar-refractivity contribution in [3.63, 3.8) is 0 Å². The fourth-order valence-electron chi connectivity index (χ4n) is 1.90. The predicted molar refractivity (Wildman–Crippen MR) is 45.8 cm³/mol. The maximum absolute atomic E-state index is 12.8. The number of aliphatic hydroxyl groups is 2. The Morgan fingerprint density at radius 2 is 2.15 bits per heavy atom. The first kappa shape index (κ1) is 8.66. The molecule has 13 heavy (non-hydrogen) atoms. The molecule has 1 aromatic rings. The summed E-state index contributed by atoms with van der Waals surface area (Å²) in [5, 5.41) is 18.5. The first-order valence-electron chi connectivity index (χ1n) is 4.30. The lowest BCUT2D eigenvalue weighted by Crippen LogP contribution is -1.98. The summed E-state index contributed by atoms with van der Waals surface area (Å²) in [6.07, 6.45) is -0.127. The minimum absolute atomic E-state index is 0.00962. The second-order valence-corrected chi connectivity index (χ2v) is 3.40. The number of rotatable bonds is 1. The van der Waals surface area contributed by atoms with Gasteiger partial charge in [0.05, 0.1) is 12.7 Å². The highest BCUT2D eigenvalue weighted by molar-refractivity contribution is 5.37. The Balaban J connectivity index is 2.46. The molecule has 2 atom stereocenters. The van der Waals surface area contributed by atoms with Crippen LogP contribution in [0.4, 0.5) is 4.39 Å². The number of aliphatic hydroxyl groups excluding tert-OH is 2. The predicted octanol–water partition coefficient (Wildman–Crippen LogP) is 1.34. The molecular weight excluding hydrogens is 171 g/mol. The Kier molecular flexibility index (Phi) is 2.06. The number of hydrogen-bond acceptors (Lipinski definition) is 2. The first-order chi connectivity index (χ1) is 6.22. The maximum Gasteiger partial charge on any atom is 0.123 e. The molecule has 1 aliphatic carbocycles. The molecular formula is C10H11FO2. The van der Waals surface area contributed by atoms with E-state index in [1.807, 2.05) is 0 Å². The molecule has 0 amide bonds. The lowest BCUT2D eigenvalue weighted by atomic mass is 10.0. The van der Waals surface area contributed by atoms with E-state index in [0.29, 0.717) is 12.0 Å². The summed E-state index contributed by atoms with van der Waals surface area (Å²) in [5.74, 6) is -0.373. The normalized spacial score (nSPS) is 26.1. The van der Waals surface area contributed by atoms with Crippen LogP contribution in [0, 0.1) is 5.82 Å². The van der Waals surface area contributed by atoms with Crippen LogP contribution in [-0.2, 0) is 0 Å². The van der Waals surface area contributed by atoms with Crippen molar-refractivity contribution in [1.82, 2.24) is 0 Å². The molecule has 2 unspecified atom stereocenters. The average Bonchev–Trinajstić information content (AvgIpc) is 2.43. The van der Waals surface area contributed by atoms with Crippen molar-refractivity contribution in [2.24, 2.45) is 0 Å².